The van der Waals surface area contributed by atoms with Crippen molar-refractivity contribution in [2.75, 3.05) is 19.7 Å². The molecular formula is C22H27N2O3+. The summed E-state index contributed by atoms with van der Waals surface area (Å²) in [5.41, 5.74) is 2.50. The highest BCUT2D eigenvalue weighted by Gasteiger charge is 2.27. The van der Waals surface area contributed by atoms with Gasteiger partial charge in [0.2, 0.25) is 6.10 Å². The third-order valence-corrected chi connectivity index (χ3v) is 5.37. The lowest BCUT2D eigenvalue weighted by Gasteiger charge is -2.26. The number of para-hydroxylation sites is 2. The van der Waals surface area contributed by atoms with Crippen LogP contribution < -0.4 is 19.7 Å². The lowest BCUT2D eigenvalue weighted by Crippen LogP contribution is -3.11. The molecule has 2 aromatic carbocycles. The number of piperidine rings is 1. The molecule has 4 rings (SSSR count). The Morgan fingerprint density at radius 3 is 2.48 bits per heavy atom. The van der Waals surface area contributed by atoms with Crippen molar-refractivity contribution in [3.63, 3.8) is 0 Å². The van der Waals surface area contributed by atoms with Crippen LogP contribution in [0.4, 0.5) is 0 Å². The summed E-state index contributed by atoms with van der Waals surface area (Å²) in [5.74, 6) is 1.18. The smallest absolute Gasteiger partial charge is 0.264 e. The van der Waals surface area contributed by atoms with Crippen molar-refractivity contribution in [2.24, 2.45) is 0 Å². The van der Waals surface area contributed by atoms with Gasteiger partial charge in [-0.2, -0.15) is 0 Å². The summed E-state index contributed by atoms with van der Waals surface area (Å²) in [6.07, 6.45) is 3.37. The van der Waals surface area contributed by atoms with E-state index >= 15 is 0 Å². The van der Waals surface area contributed by atoms with E-state index in [-0.39, 0.29) is 12.5 Å². The van der Waals surface area contributed by atoms with Gasteiger partial charge < -0.3 is 19.7 Å². The molecule has 1 saturated heterocycles. The molecule has 142 valence electrons. The molecule has 2 aliphatic heterocycles. The fraction of sp³-hybridized carbons (Fsp3) is 0.409. The van der Waals surface area contributed by atoms with Gasteiger partial charge in [-0.15, -0.1) is 0 Å². The van der Waals surface area contributed by atoms with Crippen molar-refractivity contribution < 1.29 is 19.2 Å². The van der Waals surface area contributed by atoms with Crippen molar-refractivity contribution in [2.45, 2.75) is 38.5 Å². The van der Waals surface area contributed by atoms with Gasteiger partial charge in [0.1, 0.15) is 13.2 Å². The molecule has 0 saturated carbocycles. The largest absolute Gasteiger partial charge is 0.485 e. The number of amides is 1. The topological polar surface area (TPSA) is 52.0 Å². The van der Waals surface area contributed by atoms with Gasteiger partial charge in [0.05, 0.1) is 13.1 Å². The molecule has 1 atom stereocenters. The minimum Gasteiger partial charge on any atom is -0.485 e. The number of nitrogens with one attached hydrogen (secondary N) is 2. The number of fused-ring (bicyclic) bond motifs is 1. The number of benzene rings is 2. The van der Waals surface area contributed by atoms with Gasteiger partial charge in [0.25, 0.3) is 5.91 Å². The first-order valence-corrected chi connectivity index (χ1v) is 9.86. The average molecular weight is 367 g/mol. The van der Waals surface area contributed by atoms with E-state index in [1.54, 1.807) is 4.90 Å². The highest BCUT2D eigenvalue weighted by Crippen LogP contribution is 2.30. The molecule has 0 spiro atoms. The van der Waals surface area contributed by atoms with Crippen LogP contribution in [0.15, 0.2) is 48.5 Å². The first-order chi connectivity index (χ1) is 13.3. The minimum atomic E-state index is -0.611. The van der Waals surface area contributed by atoms with E-state index < -0.39 is 6.10 Å². The Bertz CT molecular complexity index is 787. The summed E-state index contributed by atoms with van der Waals surface area (Å²) in [6, 6.07) is 15.8. The van der Waals surface area contributed by atoms with Crippen LogP contribution in [0.3, 0.4) is 0 Å². The SMILES string of the molecule is O=C(NCc1ccccc1C[NH+]1CCCCC1)[C@H]1COc2ccccc2O1. The second kappa shape index (κ2) is 8.44. The standard InChI is InChI=1S/C22H26N2O3/c25-22(21-16-26-19-10-4-5-11-20(19)27-21)23-14-17-8-2-3-9-18(17)15-24-12-6-1-7-13-24/h2-5,8-11,21H,1,6-7,12-16H2,(H,23,25)/p+1/t21-/m1/s1. The Balaban J connectivity index is 1.35. The summed E-state index contributed by atoms with van der Waals surface area (Å²) in [5, 5.41) is 3.02. The summed E-state index contributed by atoms with van der Waals surface area (Å²) < 4.78 is 11.4. The normalized spacial score (nSPS) is 19.5. The first-order valence-electron chi connectivity index (χ1n) is 9.86. The molecule has 2 heterocycles. The molecule has 0 bridgehead atoms. The van der Waals surface area contributed by atoms with E-state index in [0.717, 1.165) is 6.54 Å². The van der Waals surface area contributed by atoms with E-state index in [4.69, 9.17) is 9.47 Å². The van der Waals surface area contributed by atoms with Gasteiger partial charge in [-0.05, 0) is 37.0 Å². The number of hydrogen-bond donors (Lipinski definition) is 2. The van der Waals surface area contributed by atoms with Crippen LogP contribution in [0, 0.1) is 0 Å². The minimum absolute atomic E-state index is 0.135. The summed E-state index contributed by atoms with van der Waals surface area (Å²) in [4.78, 5) is 14.2. The Labute approximate surface area is 160 Å². The maximum absolute atomic E-state index is 12.6. The zero-order chi connectivity index (χ0) is 18.5. The molecule has 2 aromatic rings. The number of ether oxygens (including phenoxy) is 2. The average Bonchev–Trinajstić information content (AvgIpc) is 2.73. The molecule has 0 aromatic heterocycles. The van der Waals surface area contributed by atoms with E-state index in [9.17, 15) is 4.79 Å². The quantitative estimate of drug-likeness (QED) is 0.846. The van der Waals surface area contributed by atoms with Crippen LogP contribution >= 0.6 is 0 Å². The highest BCUT2D eigenvalue weighted by atomic mass is 16.6. The van der Waals surface area contributed by atoms with Crippen LogP contribution in [0.1, 0.15) is 30.4 Å². The summed E-state index contributed by atoms with van der Waals surface area (Å²) in [7, 11) is 0. The second-order valence-corrected chi connectivity index (χ2v) is 7.34. The fourth-order valence-electron chi connectivity index (χ4n) is 3.85. The van der Waals surface area contributed by atoms with Crippen LogP contribution in [-0.2, 0) is 17.9 Å². The highest BCUT2D eigenvalue weighted by molar-refractivity contribution is 5.81. The van der Waals surface area contributed by atoms with Gasteiger partial charge in [0, 0.05) is 12.1 Å². The van der Waals surface area contributed by atoms with Crippen molar-refractivity contribution in [3.8, 4) is 11.5 Å². The predicted octanol–water partition coefficient (Wildman–Crippen LogP) is 1.71. The maximum Gasteiger partial charge on any atom is 0.264 e. The summed E-state index contributed by atoms with van der Waals surface area (Å²) >= 11 is 0. The molecule has 2 aliphatic rings. The van der Waals surface area contributed by atoms with E-state index in [0.29, 0.717) is 18.0 Å². The van der Waals surface area contributed by atoms with E-state index in [1.165, 1.54) is 43.5 Å². The van der Waals surface area contributed by atoms with Crippen LogP contribution in [0.5, 0.6) is 11.5 Å². The lowest BCUT2D eigenvalue weighted by atomic mass is 10.0. The number of likely N-dealkylation sites (tertiary alicyclic amines) is 1. The van der Waals surface area contributed by atoms with Crippen molar-refractivity contribution in [1.29, 1.82) is 0 Å². The number of carbonyl (C=O) groups excluding carboxylic acids is 1. The van der Waals surface area contributed by atoms with E-state index in [1.807, 2.05) is 30.3 Å². The Kier molecular flexibility index (Phi) is 5.58. The summed E-state index contributed by atoms with van der Waals surface area (Å²) in [6.45, 7) is 4.27. The first kappa shape index (κ1) is 17.9. The number of quaternary nitrogens is 1. The monoisotopic (exact) mass is 367 g/mol. The lowest BCUT2D eigenvalue weighted by molar-refractivity contribution is -0.918. The van der Waals surface area contributed by atoms with E-state index in [2.05, 4.69) is 23.5 Å². The molecule has 0 unspecified atom stereocenters. The van der Waals surface area contributed by atoms with Gasteiger partial charge in [-0.25, -0.2) is 0 Å². The molecule has 1 fully saturated rings. The van der Waals surface area contributed by atoms with Crippen molar-refractivity contribution >= 4 is 5.91 Å². The zero-order valence-corrected chi connectivity index (χ0v) is 15.6. The number of rotatable bonds is 5. The predicted molar refractivity (Wildman–Crippen MR) is 103 cm³/mol. The fourth-order valence-corrected chi connectivity index (χ4v) is 3.85. The Hall–Kier alpha value is -2.53. The Morgan fingerprint density at radius 2 is 1.67 bits per heavy atom. The third-order valence-electron chi connectivity index (χ3n) is 5.37. The molecule has 5 heteroatoms. The molecule has 27 heavy (non-hydrogen) atoms. The molecule has 5 nitrogen and oxygen atoms in total. The van der Waals surface area contributed by atoms with Gasteiger partial charge >= 0.3 is 0 Å². The molecule has 1 amide bonds. The van der Waals surface area contributed by atoms with Gasteiger partial charge in [-0.1, -0.05) is 36.4 Å². The number of carbonyl (C=O) groups is 1. The third kappa shape index (κ3) is 4.42. The molecule has 2 N–H and O–H groups in total. The maximum atomic E-state index is 12.6. The molecular weight excluding hydrogens is 340 g/mol. The van der Waals surface area contributed by atoms with Crippen LogP contribution in [0.25, 0.3) is 0 Å². The van der Waals surface area contributed by atoms with Crippen molar-refractivity contribution in [3.05, 3.63) is 59.7 Å². The zero-order valence-electron chi connectivity index (χ0n) is 15.6. The number of hydrogen-bond acceptors (Lipinski definition) is 3. The molecule has 0 aliphatic carbocycles. The van der Waals surface area contributed by atoms with Crippen LogP contribution in [0.2, 0.25) is 0 Å². The second-order valence-electron chi connectivity index (χ2n) is 7.34. The Morgan fingerprint density at radius 1 is 0.963 bits per heavy atom. The van der Waals surface area contributed by atoms with Crippen LogP contribution in [-0.4, -0.2) is 31.7 Å². The van der Waals surface area contributed by atoms with Gasteiger partial charge in [-0.3, -0.25) is 4.79 Å². The molecule has 0 radical (unpaired) electrons. The van der Waals surface area contributed by atoms with Crippen molar-refractivity contribution in [1.82, 2.24) is 5.32 Å². The van der Waals surface area contributed by atoms with Gasteiger partial charge in [0.15, 0.2) is 11.5 Å².